The number of esters is 1. The van der Waals surface area contributed by atoms with Gasteiger partial charge in [0.05, 0.1) is 25.4 Å². The van der Waals surface area contributed by atoms with E-state index in [0.29, 0.717) is 19.4 Å². The van der Waals surface area contributed by atoms with Crippen LogP contribution in [0.5, 0.6) is 0 Å². The Kier molecular flexibility index (Phi) is 9.81. The summed E-state index contributed by atoms with van der Waals surface area (Å²) >= 11 is 0. The van der Waals surface area contributed by atoms with E-state index in [0.717, 1.165) is 11.1 Å². The Morgan fingerprint density at radius 3 is 2.29 bits per heavy atom. The molecule has 35 heavy (non-hydrogen) atoms. The molecule has 2 aromatic rings. The van der Waals surface area contributed by atoms with Crippen molar-refractivity contribution in [2.24, 2.45) is 0 Å². The number of benzene rings is 2. The van der Waals surface area contributed by atoms with Gasteiger partial charge in [-0.1, -0.05) is 60.7 Å². The molecule has 0 spiro atoms. The number of aliphatic carboxylic acids is 1. The number of likely N-dealkylation sites (tertiary alicyclic amines) is 1. The number of hydrogen-bond acceptors (Lipinski definition) is 6. The molecule has 2 aromatic carbocycles. The smallest absolute Gasteiger partial charge is 0.326 e. The van der Waals surface area contributed by atoms with E-state index in [1.54, 1.807) is 13.8 Å². The molecule has 8 heteroatoms. The molecule has 0 radical (unpaired) electrons. The monoisotopic (exact) mass is 482 g/mol. The van der Waals surface area contributed by atoms with Gasteiger partial charge in [-0.15, -0.1) is 0 Å². The summed E-state index contributed by atoms with van der Waals surface area (Å²) in [5, 5.41) is 12.8. The van der Waals surface area contributed by atoms with Crippen molar-refractivity contribution in [2.75, 3.05) is 13.2 Å². The lowest BCUT2D eigenvalue weighted by Gasteiger charge is -2.27. The van der Waals surface area contributed by atoms with Gasteiger partial charge in [-0.25, -0.2) is 4.79 Å². The summed E-state index contributed by atoms with van der Waals surface area (Å²) in [6, 6.07) is 16.9. The van der Waals surface area contributed by atoms with Crippen molar-refractivity contribution in [1.29, 1.82) is 0 Å². The van der Waals surface area contributed by atoms with Crippen molar-refractivity contribution in [3.05, 3.63) is 71.8 Å². The molecule has 0 bridgehead atoms. The molecule has 1 fully saturated rings. The first kappa shape index (κ1) is 26.4. The van der Waals surface area contributed by atoms with Gasteiger partial charge >= 0.3 is 11.9 Å². The van der Waals surface area contributed by atoms with E-state index >= 15 is 0 Å². The van der Waals surface area contributed by atoms with Gasteiger partial charge in [0.25, 0.3) is 0 Å². The molecule has 1 heterocycles. The first-order chi connectivity index (χ1) is 16.9. The topological polar surface area (TPSA) is 105 Å². The lowest BCUT2D eigenvalue weighted by molar-refractivity contribution is -0.150. The normalized spacial score (nSPS) is 19.2. The number of carboxylic acid groups (broad SMARTS) is 1. The number of carbonyl (C=O) groups excluding carboxylic acids is 2. The minimum absolute atomic E-state index is 0.183. The summed E-state index contributed by atoms with van der Waals surface area (Å²) in [4.78, 5) is 39.1. The molecule has 2 unspecified atom stereocenters. The van der Waals surface area contributed by atoms with Crippen LogP contribution in [0.4, 0.5) is 0 Å². The Morgan fingerprint density at radius 2 is 1.69 bits per heavy atom. The fraction of sp³-hybridized carbons (Fsp3) is 0.444. The van der Waals surface area contributed by atoms with Gasteiger partial charge in [-0.05, 0) is 37.8 Å². The third-order valence-corrected chi connectivity index (χ3v) is 6.12. The maximum absolute atomic E-state index is 13.3. The molecule has 8 nitrogen and oxygen atoms in total. The van der Waals surface area contributed by atoms with Crippen molar-refractivity contribution in [3.8, 4) is 0 Å². The predicted octanol–water partition coefficient (Wildman–Crippen LogP) is 2.80. The van der Waals surface area contributed by atoms with Crippen LogP contribution < -0.4 is 5.32 Å². The standard InChI is InChI=1S/C27H34N2O6/c1-3-34-27(33)23(15-14-20-10-6-4-7-11-20)28-19(2)25(30)29-17-22(16-24(29)26(31)32)35-18-21-12-8-5-9-13-21/h4-13,19,22-24,28H,3,14-18H2,1-2H3,(H,31,32)/t19?,22-,23?,24-/m0/s1. The fourth-order valence-electron chi connectivity index (χ4n) is 4.27. The van der Waals surface area contributed by atoms with E-state index in [1.807, 2.05) is 60.7 Å². The number of carbonyl (C=O) groups is 3. The molecular formula is C27H34N2O6. The predicted molar refractivity (Wildman–Crippen MR) is 131 cm³/mol. The highest BCUT2D eigenvalue weighted by Crippen LogP contribution is 2.23. The highest BCUT2D eigenvalue weighted by molar-refractivity contribution is 5.88. The highest BCUT2D eigenvalue weighted by atomic mass is 16.5. The Bertz CT molecular complexity index is 968. The van der Waals surface area contributed by atoms with Crippen LogP contribution in [0.25, 0.3) is 0 Å². The fourth-order valence-corrected chi connectivity index (χ4v) is 4.27. The van der Waals surface area contributed by atoms with Crippen LogP contribution in [0.15, 0.2) is 60.7 Å². The number of rotatable bonds is 12. The van der Waals surface area contributed by atoms with Crippen LogP contribution in [0.2, 0.25) is 0 Å². The molecule has 2 N–H and O–H groups in total. The first-order valence-electron chi connectivity index (χ1n) is 12.0. The number of amides is 1. The Hall–Kier alpha value is -3.23. The minimum Gasteiger partial charge on any atom is -0.480 e. The molecule has 1 amide bonds. The molecule has 188 valence electrons. The van der Waals surface area contributed by atoms with E-state index in [2.05, 4.69) is 5.32 Å². The summed E-state index contributed by atoms with van der Waals surface area (Å²) in [5.74, 6) is -1.87. The first-order valence-corrected chi connectivity index (χ1v) is 12.0. The van der Waals surface area contributed by atoms with Crippen molar-refractivity contribution in [2.45, 2.75) is 63.9 Å². The summed E-state index contributed by atoms with van der Waals surface area (Å²) in [5.41, 5.74) is 2.06. The average molecular weight is 483 g/mol. The van der Waals surface area contributed by atoms with Gasteiger partial charge in [0.15, 0.2) is 0 Å². The van der Waals surface area contributed by atoms with Gasteiger partial charge in [0.2, 0.25) is 5.91 Å². The SMILES string of the molecule is CCOC(=O)C(CCc1ccccc1)NC(C)C(=O)N1C[C@@H](OCc2ccccc2)C[C@H]1C(=O)O. The molecule has 0 aliphatic carbocycles. The van der Waals surface area contributed by atoms with Gasteiger partial charge < -0.3 is 19.5 Å². The quantitative estimate of drug-likeness (QED) is 0.448. The zero-order chi connectivity index (χ0) is 25.2. The zero-order valence-electron chi connectivity index (χ0n) is 20.3. The van der Waals surface area contributed by atoms with Crippen molar-refractivity contribution in [3.63, 3.8) is 0 Å². The highest BCUT2D eigenvalue weighted by Gasteiger charge is 2.42. The van der Waals surface area contributed by atoms with E-state index in [4.69, 9.17) is 9.47 Å². The van der Waals surface area contributed by atoms with Crippen molar-refractivity contribution < 1.29 is 29.0 Å². The van der Waals surface area contributed by atoms with Crippen LogP contribution in [-0.4, -0.2) is 65.2 Å². The number of nitrogens with zero attached hydrogens (tertiary/aromatic N) is 1. The van der Waals surface area contributed by atoms with E-state index in [1.165, 1.54) is 4.90 Å². The minimum atomic E-state index is -1.07. The summed E-state index contributed by atoms with van der Waals surface area (Å²) in [6.07, 6.45) is 0.919. The third kappa shape index (κ3) is 7.63. The molecule has 3 rings (SSSR count). The zero-order valence-corrected chi connectivity index (χ0v) is 20.3. The largest absolute Gasteiger partial charge is 0.480 e. The van der Waals surface area contributed by atoms with Crippen molar-refractivity contribution in [1.82, 2.24) is 10.2 Å². The summed E-state index contributed by atoms with van der Waals surface area (Å²) in [6.45, 7) is 4.14. The van der Waals surface area contributed by atoms with E-state index in [9.17, 15) is 19.5 Å². The second kappa shape index (κ2) is 13.0. The van der Waals surface area contributed by atoms with E-state index in [-0.39, 0.29) is 31.6 Å². The molecule has 0 saturated carbocycles. The van der Waals surface area contributed by atoms with Crippen LogP contribution in [0.1, 0.15) is 37.8 Å². The molecule has 1 aliphatic heterocycles. The van der Waals surface area contributed by atoms with Gasteiger partial charge in [0.1, 0.15) is 12.1 Å². The molecule has 4 atom stereocenters. The number of carboxylic acids is 1. The van der Waals surface area contributed by atoms with Crippen LogP contribution in [0.3, 0.4) is 0 Å². The van der Waals surface area contributed by atoms with Gasteiger partial charge in [-0.3, -0.25) is 14.9 Å². The van der Waals surface area contributed by atoms with Crippen LogP contribution >= 0.6 is 0 Å². The molecule has 1 aliphatic rings. The summed E-state index contributed by atoms with van der Waals surface area (Å²) in [7, 11) is 0. The van der Waals surface area contributed by atoms with Gasteiger partial charge in [0, 0.05) is 13.0 Å². The lowest BCUT2D eigenvalue weighted by Crippen LogP contribution is -2.53. The lowest BCUT2D eigenvalue weighted by atomic mass is 10.0. The maximum Gasteiger partial charge on any atom is 0.326 e. The van der Waals surface area contributed by atoms with Gasteiger partial charge in [-0.2, -0.15) is 0 Å². The Balaban J connectivity index is 1.62. The van der Waals surface area contributed by atoms with E-state index < -0.39 is 30.1 Å². The van der Waals surface area contributed by atoms with Crippen molar-refractivity contribution >= 4 is 17.8 Å². The number of aryl methyl sites for hydroxylation is 1. The Morgan fingerprint density at radius 1 is 1.06 bits per heavy atom. The molecular weight excluding hydrogens is 448 g/mol. The third-order valence-electron chi connectivity index (χ3n) is 6.12. The second-order valence-corrected chi connectivity index (χ2v) is 8.72. The number of hydrogen-bond donors (Lipinski definition) is 2. The van der Waals surface area contributed by atoms with Crippen LogP contribution in [-0.2, 0) is 36.9 Å². The molecule has 1 saturated heterocycles. The maximum atomic E-state index is 13.3. The average Bonchev–Trinajstić information content (AvgIpc) is 3.31. The Labute approximate surface area is 206 Å². The summed E-state index contributed by atoms with van der Waals surface area (Å²) < 4.78 is 11.1. The second-order valence-electron chi connectivity index (χ2n) is 8.72. The number of nitrogens with one attached hydrogen (secondary N) is 1. The molecule has 0 aromatic heterocycles. The van der Waals surface area contributed by atoms with Crippen LogP contribution in [0, 0.1) is 0 Å². The number of ether oxygens (including phenoxy) is 2.